The molecule has 2 aromatic rings. The first-order valence-electron chi connectivity index (χ1n) is 8.38. The van der Waals surface area contributed by atoms with Gasteiger partial charge in [-0.3, -0.25) is 14.4 Å². The van der Waals surface area contributed by atoms with Crippen molar-refractivity contribution in [1.82, 2.24) is 4.90 Å². The molecular formula is C21H18F3NO3. The van der Waals surface area contributed by atoms with Crippen LogP contribution in [0.15, 0.2) is 66.9 Å². The van der Waals surface area contributed by atoms with Crippen LogP contribution < -0.4 is 0 Å². The molecule has 2 aromatic carbocycles. The predicted molar refractivity (Wildman–Crippen MR) is 97.8 cm³/mol. The van der Waals surface area contributed by atoms with Gasteiger partial charge in [0, 0.05) is 29.9 Å². The third kappa shape index (κ3) is 6.19. The van der Waals surface area contributed by atoms with Crippen LogP contribution in [0.2, 0.25) is 0 Å². The largest absolute Gasteiger partial charge is 0.454 e. The minimum absolute atomic E-state index is 0.0569. The Morgan fingerprint density at radius 3 is 2.21 bits per heavy atom. The summed E-state index contributed by atoms with van der Waals surface area (Å²) in [6.45, 7) is 1.23. The molecule has 0 unspecified atom stereocenters. The molecule has 0 aliphatic rings. The number of carbonyl (C=O) groups excluding carboxylic acids is 3. The standard InChI is InChI=1S/C21H18F3NO3/c1-15(26)18-9-5-6-16(12-18)13-25(11-10-20(28)21(22,23)24)14-19(27)17-7-3-2-4-8-17/h2-12H,13-14H2,1H3/b11-10+. The van der Waals surface area contributed by atoms with Crippen molar-refractivity contribution in [2.24, 2.45) is 0 Å². The highest BCUT2D eigenvalue weighted by molar-refractivity contribution is 5.98. The molecule has 0 fully saturated rings. The Labute approximate surface area is 160 Å². The average Bonchev–Trinajstić information content (AvgIpc) is 2.65. The van der Waals surface area contributed by atoms with E-state index >= 15 is 0 Å². The molecule has 28 heavy (non-hydrogen) atoms. The first-order chi connectivity index (χ1) is 13.2. The third-order valence-electron chi connectivity index (χ3n) is 3.88. The highest BCUT2D eigenvalue weighted by Crippen LogP contribution is 2.17. The second-order valence-corrected chi connectivity index (χ2v) is 6.13. The van der Waals surface area contributed by atoms with Gasteiger partial charge in [-0.1, -0.05) is 48.5 Å². The molecule has 146 valence electrons. The van der Waals surface area contributed by atoms with E-state index in [4.69, 9.17) is 0 Å². The molecule has 7 heteroatoms. The van der Waals surface area contributed by atoms with Crippen molar-refractivity contribution >= 4 is 17.3 Å². The summed E-state index contributed by atoms with van der Waals surface area (Å²) in [7, 11) is 0. The highest BCUT2D eigenvalue weighted by Gasteiger charge is 2.36. The maximum Gasteiger partial charge on any atom is 0.454 e. The molecule has 4 nitrogen and oxygen atoms in total. The van der Waals surface area contributed by atoms with Gasteiger partial charge in [0.1, 0.15) is 0 Å². The summed E-state index contributed by atoms with van der Waals surface area (Å²) < 4.78 is 37.4. The van der Waals surface area contributed by atoms with Crippen LogP contribution in [0.4, 0.5) is 13.2 Å². The van der Waals surface area contributed by atoms with Crippen LogP contribution in [-0.4, -0.2) is 35.0 Å². The summed E-state index contributed by atoms with van der Waals surface area (Å²) in [6, 6.07) is 14.8. The Kier molecular flexibility index (Phi) is 6.87. The number of halogens is 3. The van der Waals surface area contributed by atoms with Crippen molar-refractivity contribution in [2.45, 2.75) is 19.6 Å². The molecule has 0 aliphatic heterocycles. The topological polar surface area (TPSA) is 54.5 Å². The lowest BCUT2D eigenvalue weighted by Crippen LogP contribution is -2.26. The zero-order valence-corrected chi connectivity index (χ0v) is 15.1. The number of Topliss-reactive ketones (excluding diaryl/α,β-unsaturated/α-hetero) is 2. The third-order valence-corrected chi connectivity index (χ3v) is 3.88. The molecule has 0 N–H and O–H groups in total. The number of benzene rings is 2. The number of hydrogen-bond donors (Lipinski definition) is 0. The summed E-state index contributed by atoms with van der Waals surface area (Å²) in [4.78, 5) is 36.4. The van der Waals surface area contributed by atoms with E-state index in [1.807, 2.05) is 0 Å². The Morgan fingerprint density at radius 2 is 1.61 bits per heavy atom. The monoisotopic (exact) mass is 389 g/mol. The summed E-state index contributed by atoms with van der Waals surface area (Å²) >= 11 is 0. The molecule has 0 saturated heterocycles. The number of ketones is 3. The van der Waals surface area contributed by atoms with Gasteiger partial charge in [-0.15, -0.1) is 0 Å². The molecule has 0 aliphatic carbocycles. The van der Waals surface area contributed by atoms with Gasteiger partial charge in [-0.2, -0.15) is 13.2 Å². The van der Waals surface area contributed by atoms with Crippen LogP contribution >= 0.6 is 0 Å². The number of rotatable bonds is 8. The number of alkyl halides is 3. The number of allylic oxidation sites excluding steroid dienone is 1. The molecule has 0 spiro atoms. The van der Waals surface area contributed by atoms with Crippen LogP contribution in [0, 0.1) is 0 Å². The summed E-state index contributed by atoms with van der Waals surface area (Å²) in [6.07, 6.45) is -3.63. The van der Waals surface area contributed by atoms with Gasteiger partial charge in [-0.25, -0.2) is 0 Å². The Bertz CT molecular complexity index is 889. The lowest BCUT2D eigenvalue weighted by atomic mass is 10.1. The quantitative estimate of drug-likeness (QED) is 0.501. The molecule has 0 heterocycles. The normalized spacial score (nSPS) is 11.4. The number of carbonyl (C=O) groups is 3. The van der Waals surface area contributed by atoms with Gasteiger partial charge >= 0.3 is 6.18 Å². The van der Waals surface area contributed by atoms with Gasteiger partial charge in [0.05, 0.1) is 6.54 Å². The van der Waals surface area contributed by atoms with E-state index in [9.17, 15) is 27.6 Å². The van der Waals surface area contributed by atoms with Crippen molar-refractivity contribution in [2.75, 3.05) is 6.54 Å². The van der Waals surface area contributed by atoms with Crippen molar-refractivity contribution in [3.05, 3.63) is 83.6 Å². The van der Waals surface area contributed by atoms with E-state index < -0.39 is 12.0 Å². The highest BCUT2D eigenvalue weighted by atomic mass is 19.4. The Balaban J connectivity index is 2.24. The van der Waals surface area contributed by atoms with Crippen molar-refractivity contribution in [3.8, 4) is 0 Å². The molecule has 0 amide bonds. The first-order valence-corrected chi connectivity index (χ1v) is 8.38. The van der Waals surface area contributed by atoms with Gasteiger partial charge in [0.25, 0.3) is 5.78 Å². The van der Waals surface area contributed by atoms with E-state index in [1.165, 1.54) is 11.8 Å². The zero-order chi connectivity index (χ0) is 20.7. The van der Waals surface area contributed by atoms with Crippen molar-refractivity contribution in [1.29, 1.82) is 0 Å². The lowest BCUT2D eigenvalue weighted by Gasteiger charge is -2.20. The molecule has 0 atom stereocenters. The average molecular weight is 389 g/mol. The fourth-order valence-corrected chi connectivity index (χ4v) is 2.45. The molecule has 0 radical (unpaired) electrons. The van der Waals surface area contributed by atoms with E-state index in [2.05, 4.69) is 0 Å². The van der Waals surface area contributed by atoms with Crippen LogP contribution in [0.5, 0.6) is 0 Å². The minimum Gasteiger partial charge on any atom is -0.365 e. The smallest absolute Gasteiger partial charge is 0.365 e. The zero-order valence-electron chi connectivity index (χ0n) is 15.1. The maximum absolute atomic E-state index is 12.5. The van der Waals surface area contributed by atoms with Gasteiger partial charge in [0.2, 0.25) is 0 Å². The fraction of sp³-hybridized carbons (Fsp3) is 0.190. The fourth-order valence-electron chi connectivity index (χ4n) is 2.45. The van der Waals surface area contributed by atoms with E-state index in [1.54, 1.807) is 54.6 Å². The van der Waals surface area contributed by atoms with Crippen molar-refractivity contribution < 1.29 is 27.6 Å². The Hall–Kier alpha value is -3.22. The number of hydrogen-bond acceptors (Lipinski definition) is 4. The SMILES string of the molecule is CC(=O)c1cccc(CN(/C=C/C(=O)C(F)(F)F)CC(=O)c2ccccc2)c1. The van der Waals surface area contributed by atoms with Crippen LogP contribution in [0.3, 0.4) is 0 Å². The second-order valence-electron chi connectivity index (χ2n) is 6.13. The molecule has 2 rings (SSSR count). The van der Waals surface area contributed by atoms with Crippen molar-refractivity contribution in [3.63, 3.8) is 0 Å². The van der Waals surface area contributed by atoms with Crippen LogP contribution in [0.1, 0.15) is 33.2 Å². The summed E-state index contributed by atoms with van der Waals surface area (Å²) in [5.74, 6) is -2.48. The molecule has 0 saturated carbocycles. The maximum atomic E-state index is 12.5. The predicted octanol–water partition coefficient (Wildman–Crippen LogP) is 4.22. The van der Waals surface area contributed by atoms with Gasteiger partial charge in [0.15, 0.2) is 11.6 Å². The van der Waals surface area contributed by atoms with Gasteiger partial charge in [-0.05, 0) is 18.6 Å². The van der Waals surface area contributed by atoms with Crippen LogP contribution in [-0.2, 0) is 11.3 Å². The summed E-state index contributed by atoms with van der Waals surface area (Å²) in [5.41, 5.74) is 1.47. The van der Waals surface area contributed by atoms with E-state index in [0.717, 1.165) is 6.20 Å². The van der Waals surface area contributed by atoms with Crippen LogP contribution in [0.25, 0.3) is 0 Å². The molecule has 0 bridgehead atoms. The van der Waals surface area contributed by atoms with E-state index in [-0.39, 0.29) is 24.7 Å². The number of nitrogens with zero attached hydrogens (tertiary/aromatic N) is 1. The minimum atomic E-state index is -4.99. The Morgan fingerprint density at radius 1 is 0.964 bits per heavy atom. The van der Waals surface area contributed by atoms with E-state index in [0.29, 0.717) is 22.8 Å². The molecular weight excluding hydrogens is 371 g/mol. The first kappa shape index (κ1) is 21.1. The summed E-state index contributed by atoms with van der Waals surface area (Å²) in [5, 5.41) is 0. The lowest BCUT2D eigenvalue weighted by molar-refractivity contribution is -0.165. The molecule has 0 aromatic heterocycles. The van der Waals surface area contributed by atoms with Gasteiger partial charge < -0.3 is 4.90 Å². The second kappa shape index (κ2) is 9.12.